The summed E-state index contributed by atoms with van der Waals surface area (Å²) >= 11 is 3.66. The van der Waals surface area contributed by atoms with Crippen LogP contribution in [0.2, 0.25) is 0 Å². The second-order valence-electron chi connectivity index (χ2n) is 6.31. The number of fused-ring (bicyclic) bond motifs is 1. The van der Waals surface area contributed by atoms with Crippen molar-refractivity contribution in [2.75, 3.05) is 0 Å². The van der Waals surface area contributed by atoms with Gasteiger partial charge in [0.25, 0.3) is 0 Å². The summed E-state index contributed by atoms with van der Waals surface area (Å²) < 4.78 is 1.16. The van der Waals surface area contributed by atoms with Crippen LogP contribution in [-0.4, -0.2) is 0 Å². The first-order valence-electron chi connectivity index (χ1n) is 8.20. The van der Waals surface area contributed by atoms with Crippen LogP contribution in [0.3, 0.4) is 0 Å². The number of rotatable bonds is 2. The second kappa shape index (κ2) is 6.93. The zero-order valence-corrected chi connectivity index (χ0v) is 14.1. The van der Waals surface area contributed by atoms with Gasteiger partial charge in [-0.3, -0.25) is 0 Å². The van der Waals surface area contributed by atoms with Crippen molar-refractivity contribution in [3.8, 4) is 0 Å². The molecule has 2 aromatic carbocycles. The quantitative estimate of drug-likeness (QED) is 0.713. The van der Waals surface area contributed by atoms with E-state index in [4.69, 9.17) is 5.73 Å². The molecule has 1 fully saturated rings. The summed E-state index contributed by atoms with van der Waals surface area (Å²) in [4.78, 5) is 0. The van der Waals surface area contributed by atoms with E-state index in [1.165, 1.54) is 61.3 Å². The molecule has 1 saturated carbocycles. The largest absolute Gasteiger partial charge is 0.324 e. The molecule has 2 aromatic rings. The first kappa shape index (κ1) is 15.1. The van der Waals surface area contributed by atoms with Gasteiger partial charge in [0.2, 0.25) is 0 Å². The van der Waals surface area contributed by atoms with Crippen molar-refractivity contribution in [2.45, 2.75) is 51.0 Å². The Kier molecular flexibility index (Phi) is 4.97. The molecule has 1 aliphatic carbocycles. The highest BCUT2D eigenvalue weighted by Gasteiger charge is 2.22. The Bertz CT molecular complexity index is 600. The van der Waals surface area contributed by atoms with Gasteiger partial charge in [0.15, 0.2) is 0 Å². The predicted molar refractivity (Wildman–Crippen MR) is 94.4 cm³/mol. The average molecular weight is 346 g/mol. The molecule has 0 radical (unpaired) electrons. The summed E-state index contributed by atoms with van der Waals surface area (Å²) in [6, 6.07) is 13.1. The summed E-state index contributed by atoms with van der Waals surface area (Å²) in [5.74, 6) is 0.634. The molecule has 2 heteroatoms. The summed E-state index contributed by atoms with van der Waals surface area (Å²) in [6.45, 7) is 0. The molecule has 2 N–H and O–H groups in total. The van der Waals surface area contributed by atoms with Crippen LogP contribution in [0.1, 0.15) is 56.6 Å². The SMILES string of the molecule is NC(c1ccc(Br)c2ccccc12)C1CCCCCCC1. The van der Waals surface area contributed by atoms with Crippen molar-refractivity contribution in [2.24, 2.45) is 11.7 Å². The Morgan fingerprint density at radius 2 is 1.48 bits per heavy atom. The number of nitrogens with two attached hydrogens (primary N) is 1. The molecule has 0 spiro atoms. The highest BCUT2D eigenvalue weighted by Crippen LogP contribution is 2.36. The second-order valence-corrected chi connectivity index (χ2v) is 7.17. The maximum Gasteiger partial charge on any atom is 0.0329 e. The molecule has 0 aliphatic heterocycles. The van der Waals surface area contributed by atoms with E-state index in [9.17, 15) is 0 Å². The van der Waals surface area contributed by atoms with Crippen LogP contribution in [0.15, 0.2) is 40.9 Å². The molecule has 0 bridgehead atoms. The van der Waals surface area contributed by atoms with Crippen molar-refractivity contribution in [1.82, 2.24) is 0 Å². The van der Waals surface area contributed by atoms with E-state index in [0.717, 1.165) is 4.47 Å². The third-order valence-electron chi connectivity index (χ3n) is 4.92. The van der Waals surface area contributed by atoms with E-state index < -0.39 is 0 Å². The van der Waals surface area contributed by atoms with Crippen LogP contribution in [0.5, 0.6) is 0 Å². The zero-order valence-electron chi connectivity index (χ0n) is 12.5. The van der Waals surface area contributed by atoms with Gasteiger partial charge in [-0.25, -0.2) is 0 Å². The lowest BCUT2D eigenvalue weighted by molar-refractivity contribution is 0.328. The van der Waals surface area contributed by atoms with Crippen LogP contribution in [0, 0.1) is 5.92 Å². The monoisotopic (exact) mass is 345 g/mol. The Morgan fingerprint density at radius 3 is 2.19 bits per heavy atom. The molecule has 0 heterocycles. The smallest absolute Gasteiger partial charge is 0.0329 e. The van der Waals surface area contributed by atoms with Crippen LogP contribution < -0.4 is 5.73 Å². The summed E-state index contributed by atoms with van der Waals surface area (Å²) in [7, 11) is 0. The fraction of sp³-hybridized carbons (Fsp3) is 0.474. The lowest BCUT2D eigenvalue weighted by Gasteiger charge is -2.27. The molecule has 0 amide bonds. The van der Waals surface area contributed by atoms with Gasteiger partial charge in [-0.1, -0.05) is 78.4 Å². The maximum atomic E-state index is 6.69. The van der Waals surface area contributed by atoms with E-state index in [2.05, 4.69) is 52.3 Å². The molecule has 112 valence electrons. The normalized spacial score (nSPS) is 19.1. The van der Waals surface area contributed by atoms with Gasteiger partial charge in [0.05, 0.1) is 0 Å². The fourth-order valence-electron chi connectivity index (χ4n) is 3.68. The van der Waals surface area contributed by atoms with E-state index in [-0.39, 0.29) is 6.04 Å². The van der Waals surface area contributed by atoms with Gasteiger partial charge in [-0.05, 0) is 41.2 Å². The number of hydrogen-bond donors (Lipinski definition) is 1. The van der Waals surface area contributed by atoms with Gasteiger partial charge in [0, 0.05) is 10.5 Å². The van der Waals surface area contributed by atoms with E-state index >= 15 is 0 Å². The van der Waals surface area contributed by atoms with Crippen molar-refractivity contribution in [3.05, 3.63) is 46.4 Å². The first-order chi connectivity index (χ1) is 10.3. The standard InChI is InChI=1S/C19H24BrN/c20-18-13-12-17(15-10-6-7-11-16(15)18)19(21)14-8-4-2-1-3-5-9-14/h6-7,10-14,19H,1-5,8-9,21H2. The van der Waals surface area contributed by atoms with Gasteiger partial charge in [-0.2, -0.15) is 0 Å². The summed E-state index contributed by atoms with van der Waals surface area (Å²) in [5, 5.41) is 2.58. The minimum atomic E-state index is 0.168. The van der Waals surface area contributed by atoms with E-state index in [1.807, 2.05) is 0 Å². The molecular weight excluding hydrogens is 322 g/mol. The van der Waals surface area contributed by atoms with Crippen LogP contribution in [0.4, 0.5) is 0 Å². The average Bonchev–Trinajstić information content (AvgIpc) is 2.47. The first-order valence-corrected chi connectivity index (χ1v) is 8.99. The van der Waals surface area contributed by atoms with Gasteiger partial charge >= 0.3 is 0 Å². The topological polar surface area (TPSA) is 26.0 Å². The van der Waals surface area contributed by atoms with Crippen LogP contribution in [-0.2, 0) is 0 Å². The van der Waals surface area contributed by atoms with E-state index in [0.29, 0.717) is 5.92 Å². The van der Waals surface area contributed by atoms with Crippen LogP contribution >= 0.6 is 15.9 Å². The van der Waals surface area contributed by atoms with Crippen molar-refractivity contribution < 1.29 is 0 Å². The highest BCUT2D eigenvalue weighted by atomic mass is 79.9. The fourth-order valence-corrected chi connectivity index (χ4v) is 4.15. The number of halogens is 1. The van der Waals surface area contributed by atoms with Gasteiger partial charge in [0.1, 0.15) is 0 Å². The zero-order chi connectivity index (χ0) is 14.7. The maximum absolute atomic E-state index is 6.69. The number of benzene rings is 2. The minimum absolute atomic E-state index is 0.168. The Labute approximate surface area is 136 Å². The van der Waals surface area contributed by atoms with Gasteiger partial charge < -0.3 is 5.73 Å². The lowest BCUT2D eigenvalue weighted by Crippen LogP contribution is -2.22. The third kappa shape index (κ3) is 3.32. The molecule has 0 saturated heterocycles. The molecule has 0 aromatic heterocycles. The molecule has 1 nitrogen and oxygen atoms in total. The molecule has 1 aliphatic rings. The minimum Gasteiger partial charge on any atom is -0.324 e. The third-order valence-corrected chi connectivity index (χ3v) is 5.61. The number of hydrogen-bond acceptors (Lipinski definition) is 1. The van der Waals surface area contributed by atoms with Gasteiger partial charge in [-0.15, -0.1) is 0 Å². The molecular formula is C19H24BrN. The Morgan fingerprint density at radius 1 is 0.857 bits per heavy atom. The van der Waals surface area contributed by atoms with Crippen molar-refractivity contribution in [3.63, 3.8) is 0 Å². The van der Waals surface area contributed by atoms with E-state index in [1.54, 1.807) is 0 Å². The lowest BCUT2D eigenvalue weighted by atomic mass is 9.82. The Balaban J connectivity index is 1.93. The predicted octanol–water partition coefficient (Wildman–Crippen LogP) is 5.96. The summed E-state index contributed by atoms with van der Waals surface area (Å²) in [5.41, 5.74) is 8.01. The highest BCUT2D eigenvalue weighted by molar-refractivity contribution is 9.10. The summed E-state index contributed by atoms with van der Waals surface area (Å²) in [6.07, 6.45) is 9.41. The molecule has 21 heavy (non-hydrogen) atoms. The Hall–Kier alpha value is -0.860. The molecule has 1 unspecified atom stereocenters. The van der Waals surface area contributed by atoms with Crippen molar-refractivity contribution in [1.29, 1.82) is 0 Å². The van der Waals surface area contributed by atoms with Crippen molar-refractivity contribution >= 4 is 26.7 Å². The molecule has 3 rings (SSSR count). The van der Waals surface area contributed by atoms with Crippen LogP contribution in [0.25, 0.3) is 10.8 Å². The molecule has 1 atom stereocenters.